The van der Waals surface area contributed by atoms with Crippen molar-refractivity contribution < 1.29 is 69.3 Å². The summed E-state index contributed by atoms with van der Waals surface area (Å²) in [5, 5.41) is 13.8. The number of carbonyl (C=O) groups is 5. The fourth-order valence-corrected chi connectivity index (χ4v) is 14.4. The summed E-state index contributed by atoms with van der Waals surface area (Å²) in [5.74, 6) is -1.83. The number of halogens is 7. The van der Waals surface area contributed by atoms with Crippen molar-refractivity contribution in [2.45, 2.75) is 113 Å². The van der Waals surface area contributed by atoms with Crippen molar-refractivity contribution in [3.63, 3.8) is 0 Å². The number of ether oxygens (including phenoxy) is 2. The summed E-state index contributed by atoms with van der Waals surface area (Å²) >= 11 is 0. The maximum Gasteiger partial charge on any atom is 0.416 e. The number of likely N-dealkylation sites (tertiary alicyclic amines) is 2. The molecule has 0 unspecified atom stereocenters. The van der Waals surface area contributed by atoms with Gasteiger partial charge in [0.05, 0.1) is 29.5 Å². The van der Waals surface area contributed by atoms with Crippen LogP contribution in [0.15, 0.2) is 140 Å². The first-order valence-electron chi connectivity index (χ1n) is 33.7. The van der Waals surface area contributed by atoms with E-state index in [-0.39, 0.29) is 55.5 Å². The summed E-state index contributed by atoms with van der Waals surface area (Å²) in [5.41, 5.74) is 1.96. The minimum absolute atomic E-state index is 0.0289. The van der Waals surface area contributed by atoms with Gasteiger partial charge in [0.2, 0.25) is 11.8 Å². The summed E-state index contributed by atoms with van der Waals surface area (Å²) in [6.45, 7) is 7.06. The number of piperidine rings is 2. The van der Waals surface area contributed by atoms with Crippen LogP contribution in [0.5, 0.6) is 0 Å². The van der Waals surface area contributed by atoms with Crippen LogP contribution in [0.2, 0.25) is 0 Å². The van der Waals surface area contributed by atoms with Crippen molar-refractivity contribution in [3.8, 4) is 11.1 Å². The van der Waals surface area contributed by atoms with Crippen LogP contribution >= 0.6 is 0 Å². The number of hydrogen-bond acceptors (Lipinski definition) is 10. The number of fused-ring (bicyclic) bond motifs is 2. The number of nitrogens with one attached hydrogen (secondary N) is 1. The lowest BCUT2D eigenvalue weighted by molar-refractivity contribution is -0.143. The molecule has 6 aromatic rings. The molecule has 1 aliphatic carbocycles. The van der Waals surface area contributed by atoms with E-state index in [9.17, 15) is 59.8 Å². The number of nitrogens with zero attached hydrogens (tertiary/aromatic N) is 7. The zero-order valence-electron chi connectivity index (χ0n) is 56.0. The molecule has 3 fully saturated rings. The molecule has 16 nitrogen and oxygen atoms in total. The predicted molar refractivity (Wildman–Crippen MR) is 360 cm³/mol. The molecule has 6 aromatic carbocycles. The van der Waals surface area contributed by atoms with Crippen molar-refractivity contribution in [1.29, 1.82) is 0 Å². The third-order valence-corrected chi connectivity index (χ3v) is 20.2. The van der Waals surface area contributed by atoms with E-state index < -0.39 is 64.6 Å². The molecular formula is C75H87F7N8O8. The Morgan fingerprint density at radius 3 is 2.01 bits per heavy atom. The van der Waals surface area contributed by atoms with E-state index >= 15 is 0 Å². The number of rotatable bonds is 26. The molecule has 4 aliphatic rings. The number of benzene rings is 6. The van der Waals surface area contributed by atoms with Crippen LogP contribution < -0.4 is 10.2 Å². The van der Waals surface area contributed by atoms with Crippen LogP contribution in [-0.4, -0.2) is 183 Å². The zero-order valence-corrected chi connectivity index (χ0v) is 56.0. The molecule has 3 saturated heterocycles. The summed E-state index contributed by atoms with van der Waals surface area (Å²) in [6.07, 6.45) is -4.48. The molecule has 5 amide bonds. The Bertz CT molecular complexity index is 3720. The Balaban J connectivity index is 0.623. The van der Waals surface area contributed by atoms with E-state index in [2.05, 4.69) is 27.2 Å². The first kappa shape index (κ1) is 72.4. The Hall–Kier alpha value is -8.38. The lowest BCUT2D eigenvalue weighted by atomic mass is 9.72. The Labute approximate surface area is 568 Å². The second-order valence-electron chi connectivity index (χ2n) is 26.6. The molecule has 0 saturated carbocycles. The molecule has 10 rings (SSSR count). The van der Waals surface area contributed by atoms with E-state index in [1.165, 1.54) is 29.2 Å². The Kier molecular flexibility index (Phi) is 23.4. The molecule has 23 heteroatoms. The number of unbranched alkanes of at least 4 members (excludes halogenated alkanes) is 2. The number of amides is 5. The SMILES string of the molecule is Cc1cc(NCCCCCC(=O)N(C)CCN2CCC(N(C(=O)O)c3ccccc3-c3ccccc3)CC2)ccc1C(=O)N(C)CCCN(C)C(=O)CO[C@H]1Cc2ccccc2C12CCN(CC[C@]1(c3ccc(F)cc3)CN(C(=O)c3cc(C(F)(F)F)cc(C(F)(F)F)c3)CO1)CC2. The fourth-order valence-electron chi connectivity index (χ4n) is 14.4. The molecule has 1 spiro atoms. The number of alkyl halides is 6. The second kappa shape index (κ2) is 31.6. The fraction of sp³-hybridized carbons (Fsp3) is 0.453. The number of aryl methyl sites for hydroxylation is 1. The number of likely N-dealkylation sites (N-methyl/N-ethyl adjacent to an activating group) is 2. The first-order valence-corrected chi connectivity index (χ1v) is 33.7. The van der Waals surface area contributed by atoms with Gasteiger partial charge in [-0.2, -0.15) is 26.3 Å². The summed E-state index contributed by atoms with van der Waals surface area (Å²) in [7, 11) is 5.31. The van der Waals surface area contributed by atoms with Gasteiger partial charge >= 0.3 is 18.4 Å². The largest absolute Gasteiger partial charge is 0.465 e. The van der Waals surface area contributed by atoms with Gasteiger partial charge in [0.25, 0.3) is 11.8 Å². The van der Waals surface area contributed by atoms with E-state index in [0.717, 1.165) is 77.3 Å². The third-order valence-electron chi connectivity index (χ3n) is 20.2. The van der Waals surface area contributed by atoms with Crippen LogP contribution in [-0.2, 0) is 48.9 Å². The number of carbonyl (C=O) groups excluding carboxylic acids is 4. The van der Waals surface area contributed by atoms with Crippen LogP contribution in [0, 0.1) is 12.7 Å². The maximum absolute atomic E-state index is 14.3. The van der Waals surface area contributed by atoms with Gasteiger partial charge in [-0.1, -0.05) is 91.3 Å². The highest BCUT2D eigenvalue weighted by Crippen LogP contribution is 2.49. The van der Waals surface area contributed by atoms with E-state index in [0.29, 0.717) is 120 Å². The van der Waals surface area contributed by atoms with Crippen molar-refractivity contribution in [1.82, 2.24) is 29.4 Å². The van der Waals surface area contributed by atoms with Crippen LogP contribution in [0.25, 0.3) is 11.1 Å². The Morgan fingerprint density at radius 2 is 1.33 bits per heavy atom. The standard InChI is InChI=1S/C75H87F7N8O8/c1-52-44-60(83-34-14-6-9-22-67(91)85(3)42-43-87-37-29-61(30-38-87)90(71(95)96)65-21-13-11-19-63(65)53-16-7-5-8-17-53)27-28-62(52)70(94)86(4)36-15-35-84(2)68(92)49-97-66-47-54-18-10-12-20-64(54)72(66)31-39-88(40-32-72)41-33-73(56-23-25-59(76)26-24-56)50-89(51-98-73)69(93)55-45-57(74(77,78)79)48-58(46-55)75(80,81)82/h5,7-8,10-13,16-21,23-28,44-46,48,61,66,83H,6,9,14-15,22,29-43,47,49-51H2,1-4H3,(H,95,96)/t66-,73+/m0/s1. The van der Waals surface area contributed by atoms with Crippen LogP contribution in [0.3, 0.4) is 0 Å². The second-order valence-corrected chi connectivity index (χ2v) is 26.6. The lowest BCUT2D eigenvalue weighted by Gasteiger charge is -2.44. The lowest BCUT2D eigenvalue weighted by Crippen LogP contribution is -2.50. The van der Waals surface area contributed by atoms with E-state index in [1.54, 1.807) is 28.8 Å². The molecule has 2 atom stereocenters. The van der Waals surface area contributed by atoms with Crippen molar-refractivity contribution >= 4 is 41.1 Å². The van der Waals surface area contributed by atoms with E-state index in [4.69, 9.17) is 9.47 Å². The number of carboxylic acid groups (broad SMARTS) is 1. The topological polar surface area (TPSA) is 159 Å². The molecule has 0 bridgehead atoms. The van der Waals surface area contributed by atoms with Gasteiger partial charge < -0.3 is 49.3 Å². The van der Waals surface area contributed by atoms with Gasteiger partial charge in [-0.25, -0.2) is 9.18 Å². The van der Waals surface area contributed by atoms with Crippen LogP contribution in [0.4, 0.5) is 46.9 Å². The number of anilines is 2. The highest BCUT2D eigenvalue weighted by Gasteiger charge is 2.50. The number of para-hydroxylation sites is 1. The average molecular weight is 1360 g/mol. The summed E-state index contributed by atoms with van der Waals surface area (Å²) < 4.78 is 110. The zero-order chi connectivity index (χ0) is 69.9. The first-order chi connectivity index (χ1) is 46.8. The third kappa shape index (κ3) is 17.4. The van der Waals surface area contributed by atoms with Crippen molar-refractivity contribution in [3.05, 3.63) is 190 Å². The quantitative estimate of drug-likeness (QED) is 0.0393. The molecule has 524 valence electrons. The molecule has 0 aromatic heterocycles. The van der Waals surface area contributed by atoms with Gasteiger partial charge in [-0.15, -0.1) is 0 Å². The van der Waals surface area contributed by atoms with Gasteiger partial charge in [0.15, 0.2) is 0 Å². The summed E-state index contributed by atoms with van der Waals surface area (Å²) in [6, 6.07) is 37.4. The Morgan fingerprint density at radius 1 is 0.684 bits per heavy atom. The normalized spacial score (nSPS) is 18.2. The monoisotopic (exact) mass is 1360 g/mol. The van der Waals surface area contributed by atoms with Crippen molar-refractivity contribution in [2.24, 2.45) is 0 Å². The predicted octanol–water partition coefficient (Wildman–Crippen LogP) is 13.2. The van der Waals surface area contributed by atoms with Crippen molar-refractivity contribution in [2.75, 3.05) is 117 Å². The molecule has 0 radical (unpaired) electrons. The minimum Gasteiger partial charge on any atom is -0.465 e. The van der Waals surface area contributed by atoms with Gasteiger partial charge in [0, 0.05) is 114 Å². The van der Waals surface area contributed by atoms with E-state index in [1.807, 2.05) is 98.9 Å². The van der Waals surface area contributed by atoms with Gasteiger partial charge in [0.1, 0.15) is 24.8 Å². The average Bonchev–Trinajstić information content (AvgIpc) is 1.58. The molecule has 3 aliphatic heterocycles. The maximum atomic E-state index is 14.3. The molecule has 3 heterocycles. The molecular weight excluding hydrogens is 1270 g/mol. The van der Waals surface area contributed by atoms with Gasteiger partial charge in [-0.05, 0) is 160 Å². The number of hydrogen-bond donors (Lipinski definition) is 2. The highest BCUT2D eigenvalue weighted by atomic mass is 19.4. The van der Waals surface area contributed by atoms with Crippen LogP contribution in [0.1, 0.15) is 118 Å². The molecule has 2 N–H and O–H groups in total. The molecule has 98 heavy (non-hydrogen) atoms. The van der Waals surface area contributed by atoms with Gasteiger partial charge in [-0.3, -0.25) is 24.1 Å². The highest BCUT2D eigenvalue weighted by molar-refractivity contribution is 5.96. The smallest absolute Gasteiger partial charge is 0.416 e. The minimum atomic E-state index is -5.15. The summed E-state index contributed by atoms with van der Waals surface area (Å²) in [4.78, 5) is 79.1.